The first-order chi connectivity index (χ1) is 65.5. The molecule has 15 heterocycles. The molecule has 0 amide bonds. The normalized spacial score (nSPS) is 12.6. The van der Waals surface area contributed by atoms with Crippen LogP contribution in [0.15, 0.2) is 333 Å². The number of H-pyrrole nitrogens is 6. The average Bonchev–Trinajstić information content (AvgIpc) is 1.08. The van der Waals surface area contributed by atoms with E-state index in [0.29, 0.717) is 66.4 Å². The third-order valence-corrected chi connectivity index (χ3v) is 20.6. The molecule has 0 atom stereocenters. The van der Waals surface area contributed by atoms with E-state index in [0.717, 1.165) is 96.1 Å². The van der Waals surface area contributed by atoms with E-state index in [1.165, 1.54) is 62.0 Å². The van der Waals surface area contributed by atoms with Crippen molar-refractivity contribution < 1.29 is 67.4 Å². The summed E-state index contributed by atoms with van der Waals surface area (Å²) < 4.78 is 153. The number of phenols is 1. The molecular weight excluding hydrogens is 1770 g/mol. The number of nitrogens with zero attached hydrogens (tertiary/aromatic N) is 16. The van der Waals surface area contributed by atoms with Gasteiger partial charge >= 0.3 is 0 Å². The molecule has 5 aromatic carbocycles. The minimum atomic E-state index is -0.965. The molecule has 43 heteroatoms. The molecular formula is C92H76F8N22O13. The summed E-state index contributed by atoms with van der Waals surface area (Å²) in [6.45, 7) is 3.59. The highest BCUT2D eigenvalue weighted by molar-refractivity contribution is 5.67. The van der Waals surface area contributed by atoms with Gasteiger partial charge in [-0.1, -0.05) is 30.3 Å². The largest absolute Gasteiger partial charge is 0.503 e. The van der Waals surface area contributed by atoms with Crippen molar-refractivity contribution in [2.75, 3.05) is 0 Å². The number of imidazole rings is 7. The van der Waals surface area contributed by atoms with Crippen molar-refractivity contribution in [1.82, 2.24) is 108 Å². The Morgan fingerprint density at radius 1 is 0.333 bits per heavy atom. The highest BCUT2D eigenvalue weighted by atomic mass is 19.2. The van der Waals surface area contributed by atoms with Crippen molar-refractivity contribution in [3.05, 3.63) is 425 Å². The van der Waals surface area contributed by atoms with Gasteiger partial charge in [0.25, 0.3) is 33.4 Å². The minimum absolute atomic E-state index is 0.0367. The molecule has 0 bridgehead atoms. The molecule has 0 unspecified atom stereocenters. The van der Waals surface area contributed by atoms with Crippen molar-refractivity contribution in [1.29, 1.82) is 0 Å². The highest BCUT2D eigenvalue weighted by Crippen LogP contribution is 2.37. The first kappa shape index (κ1) is 91.9. The summed E-state index contributed by atoms with van der Waals surface area (Å²) in [5, 5.41) is 22.3. The van der Waals surface area contributed by atoms with Gasteiger partial charge in [0.2, 0.25) is 0 Å². The van der Waals surface area contributed by atoms with Crippen LogP contribution in [0.1, 0.15) is 70.9 Å². The van der Waals surface area contributed by atoms with E-state index in [4.69, 9.17) is 27.1 Å². The Labute approximate surface area is 753 Å². The second kappa shape index (κ2) is 43.5. The van der Waals surface area contributed by atoms with Crippen molar-refractivity contribution in [3.8, 4) is 73.6 Å². The fraction of sp³-hybridized carbons (Fsp3) is 0.141. The number of phenolic OH excluding ortho intramolecular Hbond substituents is 1. The SMILES string of the molecule is O=c1cc(-c2c(F)cc(Cn3ccnc3)cc2F)o[nH]1.O=c1cc(-c2cc(F)c(Cn3ccnc3)c(F)c2)o[nH]1.O=c1cc(-c2cc(F)c(Cn3ccnc3)cc2F)o[nH]1.O=c1cc(-c2ccc(Cn3ccnc3)cn2)o[nH]1.O=c1cc(-c2ccc(Cn3ccnc3)nc2)o[nH]1.O=c1cc(C2CCC(Cn3ccnc3)CC2)o[nH]1.Oc1c(F)ccc(-c2ccc(Cn3ccnc3)cc2)c1F. The molecule has 135 heavy (non-hydrogen) atoms. The maximum atomic E-state index is 14.0. The standard InChI is InChI=1S/C16H12F2N2O.3C13H9F2N3O2.C13H17N3O2.2C12H10N4O2/c17-14-6-5-13(15(18)16(14)21)12-3-1-11(2-4-12)9-20-8-7-19-10-20;14-10-4-9(12-5-13(19)17-20-12)11(15)3-8(10)6-18-2-1-16-7-18;14-10-3-8(12-5-13(19)17-20-12)4-11(15)9(10)6-18-2-1-16-7-18;14-9-3-8(6-18-2-1-16-7-18)4-10(15)13(9)11-5-12(19)17-20-11;17-13-7-12(18-15-13)11-3-1-10(2-4-11)8-16-6-5-14-9-16;17-12-5-11(18-15-12)9-1-2-10(14-6-9)7-16-4-3-13-8-16;17-12-5-11(18-15-12)10-2-1-9(6-14-10)7-16-4-3-13-8-16/h1-8,10,21H,9H2;3*1-5,7H,6H2,(H,17,19);5-7,9-11H,1-4,8H2,(H,15,17);2*1-6,8H,7H2,(H,15,17). The average molecular weight is 1850 g/mol. The number of aromatic hydroxyl groups is 1. The zero-order valence-corrected chi connectivity index (χ0v) is 70.4. The first-order valence-electron chi connectivity index (χ1n) is 40.9. The number of halogens is 8. The molecule has 1 fully saturated rings. The van der Waals surface area contributed by atoms with Gasteiger partial charge in [-0.2, -0.15) is 30.9 Å². The molecule has 688 valence electrons. The van der Waals surface area contributed by atoms with Gasteiger partial charge in [0.15, 0.2) is 46.2 Å². The maximum Gasteiger partial charge on any atom is 0.280 e. The van der Waals surface area contributed by atoms with E-state index in [9.17, 15) is 69.0 Å². The van der Waals surface area contributed by atoms with Crippen LogP contribution < -0.4 is 33.4 Å². The lowest BCUT2D eigenvalue weighted by Crippen LogP contribution is -2.17. The summed E-state index contributed by atoms with van der Waals surface area (Å²) >= 11 is 0. The van der Waals surface area contributed by atoms with Crippen molar-refractivity contribution in [3.63, 3.8) is 0 Å². The minimum Gasteiger partial charge on any atom is -0.503 e. The molecule has 0 spiro atoms. The van der Waals surface area contributed by atoms with Crippen LogP contribution in [0.4, 0.5) is 35.1 Å². The van der Waals surface area contributed by atoms with Crippen LogP contribution in [0.5, 0.6) is 5.75 Å². The number of benzene rings is 5. The second-order valence-corrected chi connectivity index (χ2v) is 30.2. The zero-order valence-electron chi connectivity index (χ0n) is 70.4. The molecule has 1 aliphatic rings. The van der Waals surface area contributed by atoms with E-state index in [-0.39, 0.29) is 80.4 Å². The van der Waals surface area contributed by atoms with Crippen LogP contribution in [0.3, 0.4) is 0 Å². The van der Waals surface area contributed by atoms with Gasteiger partial charge in [0.05, 0.1) is 111 Å². The van der Waals surface area contributed by atoms with Gasteiger partial charge in [0, 0.05) is 165 Å². The van der Waals surface area contributed by atoms with Crippen LogP contribution >= 0.6 is 0 Å². The zero-order chi connectivity index (χ0) is 94.3. The maximum absolute atomic E-state index is 14.0. The van der Waals surface area contributed by atoms with E-state index >= 15 is 0 Å². The monoisotopic (exact) mass is 1850 g/mol. The number of hydrogen-bond donors (Lipinski definition) is 7. The number of hydrogen-bond acceptors (Lipinski definition) is 22. The summed E-state index contributed by atoms with van der Waals surface area (Å²) in [6, 6.07) is 31.3. The van der Waals surface area contributed by atoms with Crippen LogP contribution in [0.2, 0.25) is 0 Å². The summed E-state index contributed by atoms with van der Waals surface area (Å²) in [5.41, 5.74) is 3.18. The Bertz CT molecular complexity index is 7340. The third kappa shape index (κ3) is 25.0. The molecule has 21 rings (SSSR count). The van der Waals surface area contributed by atoms with Crippen molar-refractivity contribution in [2.45, 2.75) is 77.4 Å². The summed E-state index contributed by atoms with van der Waals surface area (Å²) in [7, 11) is 0. The highest BCUT2D eigenvalue weighted by Gasteiger charge is 2.26. The Hall–Kier alpha value is -17.8. The lowest BCUT2D eigenvalue weighted by molar-refractivity contribution is 0.258. The van der Waals surface area contributed by atoms with E-state index in [2.05, 4.69) is 70.0 Å². The fourth-order valence-corrected chi connectivity index (χ4v) is 14.0. The third-order valence-electron chi connectivity index (χ3n) is 20.6. The van der Waals surface area contributed by atoms with Crippen LogP contribution in [-0.4, -0.2) is 113 Å². The Kier molecular flexibility index (Phi) is 29.6. The van der Waals surface area contributed by atoms with Crippen molar-refractivity contribution >= 4 is 0 Å². The van der Waals surface area contributed by atoms with Gasteiger partial charge in [-0.15, -0.1) is 0 Å². The van der Waals surface area contributed by atoms with E-state index in [1.807, 2.05) is 97.7 Å². The number of aromatic amines is 6. The Morgan fingerprint density at radius 2 is 0.778 bits per heavy atom. The van der Waals surface area contributed by atoms with Gasteiger partial charge in [-0.05, 0) is 121 Å². The molecule has 0 saturated heterocycles. The van der Waals surface area contributed by atoms with Crippen LogP contribution in [0.25, 0.3) is 67.9 Å². The molecule has 7 N–H and O–H groups in total. The summed E-state index contributed by atoms with van der Waals surface area (Å²) in [5.74, 6) is -4.37. The molecule has 1 saturated carbocycles. The summed E-state index contributed by atoms with van der Waals surface area (Å²) in [6.07, 6.45) is 43.8. The number of rotatable bonds is 21. The summed E-state index contributed by atoms with van der Waals surface area (Å²) in [4.78, 5) is 102. The second-order valence-electron chi connectivity index (χ2n) is 30.2. The lowest BCUT2D eigenvalue weighted by Gasteiger charge is -2.27. The van der Waals surface area contributed by atoms with Crippen LogP contribution in [0, 0.1) is 52.5 Å². The molecule has 1 aliphatic carbocycles. The quantitative estimate of drug-likeness (QED) is 0.0329. The Morgan fingerprint density at radius 3 is 1.25 bits per heavy atom. The number of nitrogens with one attached hydrogen (secondary N) is 6. The van der Waals surface area contributed by atoms with E-state index in [1.54, 1.807) is 119 Å². The smallest absolute Gasteiger partial charge is 0.280 e. The Balaban J connectivity index is 0.000000120. The fourth-order valence-electron chi connectivity index (χ4n) is 14.0. The van der Waals surface area contributed by atoms with Gasteiger partial charge in [-0.3, -0.25) is 38.7 Å². The van der Waals surface area contributed by atoms with Crippen LogP contribution in [-0.2, 0) is 45.8 Å². The topological polar surface area (TPSA) is 447 Å². The predicted molar refractivity (Wildman–Crippen MR) is 467 cm³/mol. The van der Waals surface area contributed by atoms with E-state index < -0.39 is 69.0 Å². The molecule has 0 radical (unpaired) electrons. The molecule has 0 aliphatic heterocycles. The number of aromatic nitrogens is 22. The molecule has 35 nitrogen and oxygen atoms in total. The molecule has 20 aromatic rings. The lowest BCUT2D eigenvalue weighted by atomic mass is 9.81. The van der Waals surface area contributed by atoms with Crippen molar-refractivity contribution in [2.24, 2.45) is 5.92 Å². The number of pyridine rings is 2. The van der Waals surface area contributed by atoms with Gasteiger partial charge in [0.1, 0.15) is 46.4 Å². The van der Waals surface area contributed by atoms with Gasteiger partial charge in [-0.25, -0.2) is 70.0 Å². The first-order valence-corrected chi connectivity index (χ1v) is 40.9. The van der Waals surface area contributed by atoms with Gasteiger partial charge < -0.3 is 64.2 Å². The molecule has 15 aromatic heterocycles. The predicted octanol–water partition coefficient (Wildman–Crippen LogP) is 14.7.